The molecular formula is C14H19N3OS. The minimum absolute atomic E-state index is 0.00389. The lowest BCUT2D eigenvalue weighted by Crippen LogP contribution is -2.36. The van der Waals surface area contributed by atoms with Crippen molar-refractivity contribution >= 4 is 17.2 Å². The summed E-state index contributed by atoms with van der Waals surface area (Å²) in [5.74, 6) is 0.350. The minimum atomic E-state index is -0.295. The first kappa shape index (κ1) is 13.8. The normalized spacial score (nSPS) is 14.3. The third kappa shape index (κ3) is 3.23. The third-order valence-corrected chi connectivity index (χ3v) is 4.07. The summed E-state index contributed by atoms with van der Waals surface area (Å²) in [5.41, 5.74) is 0. The van der Waals surface area contributed by atoms with Crippen molar-refractivity contribution in [3.05, 3.63) is 40.8 Å². The lowest BCUT2D eigenvalue weighted by atomic mass is 10.0. The Kier molecular flexibility index (Phi) is 4.37. The number of carbonyl (C=O) groups excluding carboxylic acids is 1. The van der Waals surface area contributed by atoms with Gasteiger partial charge in [-0.05, 0) is 30.4 Å². The number of aromatic nitrogens is 2. The maximum absolute atomic E-state index is 12.3. The van der Waals surface area contributed by atoms with Crippen LogP contribution in [0.4, 0.5) is 0 Å². The predicted molar refractivity (Wildman–Crippen MR) is 77.0 cm³/mol. The third-order valence-electron chi connectivity index (χ3n) is 3.12. The van der Waals surface area contributed by atoms with Crippen LogP contribution in [0.1, 0.15) is 37.7 Å². The van der Waals surface area contributed by atoms with Crippen LogP contribution in [0.5, 0.6) is 0 Å². The molecule has 0 aliphatic heterocycles. The Labute approximate surface area is 117 Å². The van der Waals surface area contributed by atoms with E-state index in [1.54, 1.807) is 28.4 Å². The molecule has 0 aliphatic carbocycles. The first-order valence-corrected chi connectivity index (χ1v) is 7.30. The molecule has 0 saturated carbocycles. The Morgan fingerprint density at radius 3 is 2.68 bits per heavy atom. The number of thiophene rings is 1. The van der Waals surface area contributed by atoms with Crippen LogP contribution in [0, 0.1) is 5.92 Å². The molecule has 2 atom stereocenters. The van der Waals surface area contributed by atoms with Gasteiger partial charge in [0.1, 0.15) is 6.04 Å². The number of nitrogens with zero attached hydrogens (tertiary/aromatic N) is 2. The Balaban J connectivity index is 2.08. The molecule has 5 heteroatoms. The van der Waals surface area contributed by atoms with E-state index in [1.165, 1.54) is 4.88 Å². The second kappa shape index (κ2) is 6.02. The molecule has 102 valence electrons. The highest BCUT2D eigenvalue weighted by molar-refractivity contribution is 7.10. The smallest absolute Gasteiger partial charge is 0.245 e. The lowest BCUT2D eigenvalue weighted by Gasteiger charge is -2.23. The second-order valence-electron chi connectivity index (χ2n) is 4.91. The standard InChI is InChI=1S/C14H19N3OS/c1-10(2)13(12-6-4-9-19-12)16-14(18)11(3)17-8-5-7-15-17/h4-11,13H,1-3H3,(H,16,18)/t11-,13-/m1/s1. The minimum Gasteiger partial charge on any atom is -0.346 e. The van der Waals surface area contributed by atoms with Crippen molar-refractivity contribution in [2.24, 2.45) is 5.92 Å². The topological polar surface area (TPSA) is 46.9 Å². The molecule has 2 heterocycles. The molecule has 0 aromatic carbocycles. The quantitative estimate of drug-likeness (QED) is 0.913. The predicted octanol–water partition coefficient (Wildman–Crippen LogP) is 3.02. The van der Waals surface area contributed by atoms with E-state index >= 15 is 0 Å². The van der Waals surface area contributed by atoms with Crippen molar-refractivity contribution in [1.82, 2.24) is 15.1 Å². The van der Waals surface area contributed by atoms with Crippen LogP contribution in [-0.2, 0) is 4.79 Å². The molecule has 19 heavy (non-hydrogen) atoms. The molecule has 2 rings (SSSR count). The van der Waals surface area contributed by atoms with Gasteiger partial charge in [-0.3, -0.25) is 9.48 Å². The molecule has 0 bridgehead atoms. The van der Waals surface area contributed by atoms with Crippen molar-refractivity contribution < 1.29 is 4.79 Å². The molecular weight excluding hydrogens is 258 g/mol. The van der Waals surface area contributed by atoms with Gasteiger partial charge >= 0.3 is 0 Å². The summed E-state index contributed by atoms with van der Waals surface area (Å²) in [6.07, 6.45) is 3.49. The molecule has 0 aliphatic rings. The van der Waals surface area contributed by atoms with Crippen LogP contribution < -0.4 is 5.32 Å². The van der Waals surface area contributed by atoms with Gasteiger partial charge in [-0.25, -0.2) is 0 Å². The van der Waals surface area contributed by atoms with Crippen molar-refractivity contribution in [3.63, 3.8) is 0 Å². The maximum Gasteiger partial charge on any atom is 0.245 e. The number of carbonyl (C=O) groups is 1. The van der Waals surface area contributed by atoms with Crippen molar-refractivity contribution in [3.8, 4) is 0 Å². The summed E-state index contributed by atoms with van der Waals surface area (Å²) in [6.45, 7) is 6.08. The molecule has 1 amide bonds. The first-order valence-electron chi connectivity index (χ1n) is 6.42. The highest BCUT2D eigenvalue weighted by atomic mass is 32.1. The Morgan fingerprint density at radius 1 is 1.37 bits per heavy atom. The zero-order chi connectivity index (χ0) is 13.8. The van der Waals surface area contributed by atoms with E-state index in [2.05, 4.69) is 30.3 Å². The fourth-order valence-electron chi connectivity index (χ4n) is 1.94. The Morgan fingerprint density at radius 2 is 2.16 bits per heavy atom. The van der Waals surface area contributed by atoms with Gasteiger partial charge in [-0.1, -0.05) is 19.9 Å². The maximum atomic E-state index is 12.3. The average molecular weight is 277 g/mol. The molecule has 4 nitrogen and oxygen atoms in total. The summed E-state index contributed by atoms with van der Waals surface area (Å²) in [6, 6.07) is 5.66. The summed E-state index contributed by atoms with van der Waals surface area (Å²) < 4.78 is 1.67. The molecule has 2 aromatic rings. The van der Waals surface area contributed by atoms with Gasteiger partial charge in [-0.15, -0.1) is 11.3 Å². The van der Waals surface area contributed by atoms with Crippen LogP contribution >= 0.6 is 11.3 Å². The number of hydrogen-bond acceptors (Lipinski definition) is 3. The van der Waals surface area contributed by atoms with Crippen molar-refractivity contribution in [1.29, 1.82) is 0 Å². The van der Waals surface area contributed by atoms with E-state index in [0.29, 0.717) is 5.92 Å². The first-order chi connectivity index (χ1) is 9.09. The van der Waals surface area contributed by atoms with Gasteiger partial charge in [-0.2, -0.15) is 5.10 Å². The van der Waals surface area contributed by atoms with Gasteiger partial charge < -0.3 is 5.32 Å². The zero-order valence-electron chi connectivity index (χ0n) is 11.4. The highest BCUT2D eigenvalue weighted by Gasteiger charge is 2.23. The van der Waals surface area contributed by atoms with E-state index in [-0.39, 0.29) is 18.0 Å². The van der Waals surface area contributed by atoms with E-state index in [0.717, 1.165) is 0 Å². The molecule has 0 radical (unpaired) electrons. The van der Waals surface area contributed by atoms with Gasteiger partial charge in [0, 0.05) is 17.3 Å². The van der Waals surface area contributed by atoms with E-state index in [1.807, 2.05) is 24.4 Å². The number of nitrogens with one attached hydrogen (secondary N) is 1. The van der Waals surface area contributed by atoms with Gasteiger partial charge in [0.25, 0.3) is 0 Å². The summed E-state index contributed by atoms with van der Waals surface area (Å²) in [7, 11) is 0. The van der Waals surface area contributed by atoms with E-state index < -0.39 is 0 Å². The summed E-state index contributed by atoms with van der Waals surface area (Å²) >= 11 is 1.67. The van der Waals surface area contributed by atoms with Gasteiger partial charge in [0.05, 0.1) is 6.04 Å². The highest BCUT2D eigenvalue weighted by Crippen LogP contribution is 2.26. The Hall–Kier alpha value is -1.62. The van der Waals surface area contributed by atoms with Gasteiger partial charge in [0.15, 0.2) is 0 Å². The van der Waals surface area contributed by atoms with Crippen LogP contribution in [0.2, 0.25) is 0 Å². The van der Waals surface area contributed by atoms with Gasteiger partial charge in [0.2, 0.25) is 5.91 Å². The molecule has 2 aromatic heterocycles. The zero-order valence-corrected chi connectivity index (χ0v) is 12.2. The van der Waals surface area contributed by atoms with Crippen molar-refractivity contribution in [2.75, 3.05) is 0 Å². The van der Waals surface area contributed by atoms with E-state index in [4.69, 9.17) is 0 Å². The van der Waals surface area contributed by atoms with Crippen LogP contribution in [0.25, 0.3) is 0 Å². The second-order valence-corrected chi connectivity index (χ2v) is 5.89. The number of rotatable bonds is 5. The van der Waals surface area contributed by atoms with Crippen LogP contribution in [0.15, 0.2) is 36.0 Å². The molecule has 1 N–H and O–H groups in total. The summed E-state index contributed by atoms with van der Waals surface area (Å²) in [5, 5.41) is 9.26. The molecule has 0 saturated heterocycles. The van der Waals surface area contributed by atoms with Crippen molar-refractivity contribution in [2.45, 2.75) is 32.9 Å². The number of hydrogen-bond donors (Lipinski definition) is 1. The molecule has 0 fully saturated rings. The van der Waals surface area contributed by atoms with Crippen LogP contribution in [0.3, 0.4) is 0 Å². The summed E-state index contributed by atoms with van der Waals surface area (Å²) in [4.78, 5) is 13.5. The SMILES string of the molecule is CC(C)[C@@H](NC(=O)[C@@H](C)n1cccn1)c1cccs1. The fourth-order valence-corrected chi connectivity index (χ4v) is 2.89. The van der Waals surface area contributed by atoms with E-state index in [9.17, 15) is 4.79 Å². The lowest BCUT2D eigenvalue weighted by molar-refractivity contribution is -0.125. The molecule has 0 unspecified atom stereocenters. The average Bonchev–Trinajstić information content (AvgIpc) is 3.06. The fraction of sp³-hybridized carbons (Fsp3) is 0.429. The Bertz CT molecular complexity index is 505. The number of amides is 1. The largest absolute Gasteiger partial charge is 0.346 e. The van der Waals surface area contributed by atoms with Crippen LogP contribution in [-0.4, -0.2) is 15.7 Å². The molecule has 0 spiro atoms. The monoisotopic (exact) mass is 277 g/mol.